The van der Waals surface area contributed by atoms with Gasteiger partial charge in [-0.25, -0.2) is 9.97 Å². The highest BCUT2D eigenvalue weighted by atomic mass is 79.9. The fourth-order valence-electron chi connectivity index (χ4n) is 3.88. The van der Waals surface area contributed by atoms with Gasteiger partial charge in [0.25, 0.3) is 5.91 Å². The third-order valence-corrected chi connectivity index (χ3v) is 6.55. The Hall–Kier alpha value is -2.78. The summed E-state index contributed by atoms with van der Waals surface area (Å²) in [7, 11) is 0. The molecule has 1 atom stereocenters. The van der Waals surface area contributed by atoms with E-state index in [1.807, 2.05) is 6.92 Å². The van der Waals surface area contributed by atoms with E-state index in [9.17, 15) is 18.0 Å². The smallest absolute Gasteiger partial charge is 0.381 e. The first kappa shape index (κ1) is 24.3. The number of hydrogen-bond donors (Lipinski definition) is 1. The van der Waals surface area contributed by atoms with Crippen LogP contribution in [0.5, 0.6) is 0 Å². The summed E-state index contributed by atoms with van der Waals surface area (Å²) in [5.41, 5.74) is 1.49. The second kappa shape index (κ2) is 10.2. The molecule has 1 N–H and O–H groups in total. The van der Waals surface area contributed by atoms with E-state index in [1.165, 1.54) is 6.07 Å². The molecule has 2 heterocycles. The highest BCUT2D eigenvalue weighted by molar-refractivity contribution is 9.10. The fourth-order valence-corrected chi connectivity index (χ4v) is 4.36. The zero-order chi connectivity index (χ0) is 24.3. The zero-order valence-corrected chi connectivity index (χ0v) is 20.0. The molecule has 34 heavy (non-hydrogen) atoms. The monoisotopic (exact) mass is 533 g/mol. The Morgan fingerprint density at radius 3 is 2.50 bits per heavy atom. The molecule has 0 radical (unpaired) electrons. The molecule has 0 bridgehead atoms. The first-order chi connectivity index (χ1) is 16.2. The van der Waals surface area contributed by atoms with Crippen LogP contribution in [-0.4, -0.2) is 29.1 Å². The van der Waals surface area contributed by atoms with Gasteiger partial charge in [0.2, 0.25) is 0 Å². The van der Waals surface area contributed by atoms with E-state index in [4.69, 9.17) is 4.74 Å². The van der Waals surface area contributed by atoms with Crippen LogP contribution in [0.4, 0.5) is 13.2 Å². The predicted molar refractivity (Wildman–Crippen MR) is 125 cm³/mol. The molecule has 0 unspecified atom stereocenters. The minimum absolute atomic E-state index is 0.182. The summed E-state index contributed by atoms with van der Waals surface area (Å²) in [6, 6.07) is 11.9. The Morgan fingerprint density at radius 2 is 1.82 bits per heavy atom. The van der Waals surface area contributed by atoms with Crippen molar-refractivity contribution in [2.24, 2.45) is 0 Å². The van der Waals surface area contributed by atoms with Gasteiger partial charge in [-0.3, -0.25) is 4.79 Å². The number of aromatic nitrogens is 2. The summed E-state index contributed by atoms with van der Waals surface area (Å²) in [5, 5.41) is 2.93. The topological polar surface area (TPSA) is 64.1 Å². The number of carbonyl (C=O) groups is 1. The minimum atomic E-state index is -4.42. The lowest BCUT2D eigenvalue weighted by Gasteiger charge is -2.21. The normalized spacial score (nSPS) is 15.7. The summed E-state index contributed by atoms with van der Waals surface area (Å²) in [5.74, 6) is 0.522. The summed E-state index contributed by atoms with van der Waals surface area (Å²) in [4.78, 5) is 21.6. The molecular formula is C25H23BrF3N3O2. The number of halogens is 4. The van der Waals surface area contributed by atoms with Crippen LogP contribution < -0.4 is 5.32 Å². The van der Waals surface area contributed by atoms with Crippen molar-refractivity contribution in [2.45, 2.75) is 37.9 Å². The van der Waals surface area contributed by atoms with Crippen LogP contribution in [0, 0.1) is 0 Å². The average Bonchev–Trinajstić information content (AvgIpc) is 2.84. The lowest BCUT2D eigenvalue weighted by molar-refractivity contribution is -0.137. The van der Waals surface area contributed by atoms with Crippen LogP contribution in [0.3, 0.4) is 0 Å². The molecule has 4 rings (SSSR count). The quantitative estimate of drug-likeness (QED) is 0.417. The van der Waals surface area contributed by atoms with Crippen molar-refractivity contribution in [2.75, 3.05) is 13.2 Å². The molecule has 1 amide bonds. The Kier molecular flexibility index (Phi) is 7.33. The number of rotatable bonds is 5. The van der Waals surface area contributed by atoms with E-state index in [0.29, 0.717) is 40.3 Å². The van der Waals surface area contributed by atoms with Gasteiger partial charge in [0.05, 0.1) is 11.6 Å². The van der Waals surface area contributed by atoms with E-state index in [1.54, 1.807) is 36.5 Å². The number of nitrogens with zero attached hydrogens (tertiary/aromatic N) is 2. The van der Waals surface area contributed by atoms with Crippen LogP contribution in [-0.2, 0) is 10.9 Å². The van der Waals surface area contributed by atoms with Crippen molar-refractivity contribution in [3.8, 4) is 11.1 Å². The minimum Gasteiger partial charge on any atom is -0.381 e. The van der Waals surface area contributed by atoms with Crippen LogP contribution >= 0.6 is 15.9 Å². The van der Waals surface area contributed by atoms with Gasteiger partial charge in [-0.1, -0.05) is 40.2 Å². The van der Waals surface area contributed by atoms with Gasteiger partial charge in [-0.15, -0.1) is 0 Å². The Morgan fingerprint density at radius 1 is 1.12 bits per heavy atom. The second-order valence-electron chi connectivity index (χ2n) is 8.20. The highest BCUT2D eigenvalue weighted by Crippen LogP contribution is 2.36. The highest BCUT2D eigenvalue weighted by Gasteiger charge is 2.31. The molecule has 1 fully saturated rings. The molecule has 9 heteroatoms. The van der Waals surface area contributed by atoms with Crippen LogP contribution in [0.15, 0.2) is 59.2 Å². The van der Waals surface area contributed by atoms with Gasteiger partial charge < -0.3 is 10.1 Å². The van der Waals surface area contributed by atoms with Crippen molar-refractivity contribution < 1.29 is 22.7 Å². The van der Waals surface area contributed by atoms with E-state index >= 15 is 0 Å². The van der Waals surface area contributed by atoms with Crippen molar-refractivity contribution in [3.63, 3.8) is 0 Å². The molecule has 178 valence electrons. The first-order valence-corrected chi connectivity index (χ1v) is 11.7. The standard InChI is InChI=1S/C25H23BrF3N3O2/c1-15(31-24(33)22-8-11-30-23(32-22)18-9-12-34-13-10-18)16-2-4-17(5-3-16)20-14-19(25(27,28)29)6-7-21(20)26/h2-8,11,14-15,18H,9-10,12-13H2,1H3,(H,31,33)/t15-/m1/s1. The number of benzene rings is 2. The zero-order valence-electron chi connectivity index (χ0n) is 18.4. The Balaban J connectivity index is 1.46. The molecule has 1 aliphatic heterocycles. The van der Waals surface area contributed by atoms with Crippen molar-refractivity contribution in [1.29, 1.82) is 0 Å². The van der Waals surface area contributed by atoms with E-state index in [2.05, 4.69) is 31.2 Å². The van der Waals surface area contributed by atoms with Crippen molar-refractivity contribution in [1.82, 2.24) is 15.3 Å². The third-order valence-electron chi connectivity index (χ3n) is 5.86. The number of amides is 1. The number of carbonyl (C=O) groups excluding carboxylic acids is 1. The molecule has 1 aromatic heterocycles. The SMILES string of the molecule is C[C@@H](NC(=O)c1ccnc(C2CCOCC2)n1)c1ccc(-c2cc(C(F)(F)F)ccc2Br)cc1. The largest absolute Gasteiger partial charge is 0.416 e. The Bertz CT molecular complexity index is 1160. The maximum atomic E-state index is 13.1. The molecular weight excluding hydrogens is 511 g/mol. The summed E-state index contributed by atoms with van der Waals surface area (Å²) < 4.78 is 45.3. The van der Waals surface area contributed by atoms with E-state index < -0.39 is 11.7 Å². The molecule has 0 saturated carbocycles. The van der Waals surface area contributed by atoms with Gasteiger partial charge >= 0.3 is 6.18 Å². The molecule has 1 saturated heterocycles. The van der Waals surface area contributed by atoms with Crippen LogP contribution in [0.1, 0.15) is 59.2 Å². The predicted octanol–water partition coefficient (Wildman–Crippen LogP) is 6.31. The van der Waals surface area contributed by atoms with Crippen LogP contribution in [0.25, 0.3) is 11.1 Å². The van der Waals surface area contributed by atoms with E-state index in [-0.39, 0.29) is 17.9 Å². The second-order valence-corrected chi connectivity index (χ2v) is 9.05. The first-order valence-electron chi connectivity index (χ1n) is 10.9. The van der Waals surface area contributed by atoms with Gasteiger partial charge in [0.1, 0.15) is 11.5 Å². The fraction of sp³-hybridized carbons (Fsp3) is 0.320. The Labute approximate surface area is 203 Å². The number of ether oxygens (including phenoxy) is 1. The summed E-state index contributed by atoms with van der Waals surface area (Å²) >= 11 is 3.33. The third kappa shape index (κ3) is 5.64. The van der Waals surface area contributed by atoms with Crippen molar-refractivity contribution in [3.05, 3.63) is 81.8 Å². The molecule has 2 aromatic carbocycles. The van der Waals surface area contributed by atoms with Crippen LogP contribution in [0.2, 0.25) is 0 Å². The van der Waals surface area contributed by atoms with Gasteiger partial charge in [-0.2, -0.15) is 13.2 Å². The van der Waals surface area contributed by atoms with E-state index in [0.717, 1.165) is 30.5 Å². The number of nitrogens with one attached hydrogen (secondary N) is 1. The molecule has 0 aliphatic carbocycles. The molecule has 3 aromatic rings. The maximum Gasteiger partial charge on any atom is 0.416 e. The molecule has 5 nitrogen and oxygen atoms in total. The lowest BCUT2D eigenvalue weighted by Crippen LogP contribution is -2.28. The lowest BCUT2D eigenvalue weighted by atomic mass is 9.99. The van der Waals surface area contributed by atoms with Gasteiger partial charge in [0.15, 0.2) is 0 Å². The molecule has 1 aliphatic rings. The number of alkyl halides is 3. The molecule has 0 spiro atoms. The van der Waals surface area contributed by atoms with Gasteiger partial charge in [0, 0.05) is 29.8 Å². The maximum absolute atomic E-state index is 13.1. The average molecular weight is 534 g/mol. The van der Waals surface area contributed by atoms with Crippen molar-refractivity contribution >= 4 is 21.8 Å². The van der Waals surface area contributed by atoms with Gasteiger partial charge in [-0.05, 0) is 60.7 Å². The number of hydrogen-bond acceptors (Lipinski definition) is 4. The summed E-state index contributed by atoms with van der Waals surface area (Å²) in [6.07, 6.45) is -1.16. The summed E-state index contributed by atoms with van der Waals surface area (Å²) in [6.45, 7) is 3.16.